The molecule has 8 nitrogen and oxygen atoms in total. The topological polar surface area (TPSA) is 97.9 Å². The van der Waals surface area contributed by atoms with Crippen molar-refractivity contribution in [1.82, 2.24) is 25.1 Å². The molecular formula is C21H18N6O2. The molecule has 1 fully saturated rings. The van der Waals surface area contributed by atoms with Crippen molar-refractivity contribution in [2.45, 2.75) is 18.4 Å². The van der Waals surface area contributed by atoms with Gasteiger partial charge in [-0.05, 0) is 30.2 Å². The van der Waals surface area contributed by atoms with E-state index in [1.807, 2.05) is 18.2 Å². The Hall–Kier alpha value is -3.94. The largest absolute Gasteiger partial charge is 0.461 e. The Kier molecular flexibility index (Phi) is 4.28. The van der Waals surface area contributed by atoms with Crippen LogP contribution in [0, 0.1) is 0 Å². The summed E-state index contributed by atoms with van der Waals surface area (Å²) >= 11 is 0. The van der Waals surface area contributed by atoms with E-state index in [-0.39, 0.29) is 12.1 Å². The van der Waals surface area contributed by atoms with Crippen LogP contribution in [0.2, 0.25) is 0 Å². The van der Waals surface area contributed by atoms with E-state index in [1.165, 1.54) is 5.56 Å². The standard InChI is InChI=1S/C21H18N6O2/c28-21(23-16-12-15(16)14-6-2-1-3-7-14)25-18-13-19(27-10-5-9-22-27)26-20(24-18)17-8-4-11-29-17/h1-11,13,15-16H,12H2,(H2,23,24,25,26,28). The van der Waals surface area contributed by atoms with Gasteiger partial charge in [0.05, 0.1) is 6.26 Å². The van der Waals surface area contributed by atoms with Crippen molar-refractivity contribution in [3.05, 3.63) is 78.8 Å². The molecule has 0 saturated heterocycles. The predicted octanol–water partition coefficient (Wildman–Crippen LogP) is 3.60. The Morgan fingerprint density at radius 3 is 2.76 bits per heavy atom. The normalized spacial score (nSPS) is 17.7. The van der Waals surface area contributed by atoms with Crippen LogP contribution >= 0.6 is 0 Å². The molecule has 1 aliphatic rings. The zero-order chi connectivity index (χ0) is 19.6. The van der Waals surface area contributed by atoms with Crippen molar-refractivity contribution in [3.8, 4) is 17.4 Å². The number of nitrogens with one attached hydrogen (secondary N) is 2. The van der Waals surface area contributed by atoms with Crippen LogP contribution in [-0.2, 0) is 0 Å². The fraction of sp³-hybridized carbons (Fsp3) is 0.143. The molecule has 1 aliphatic carbocycles. The van der Waals surface area contributed by atoms with Gasteiger partial charge in [-0.15, -0.1) is 0 Å². The molecule has 2 unspecified atom stereocenters. The lowest BCUT2D eigenvalue weighted by Crippen LogP contribution is -2.31. The highest BCUT2D eigenvalue weighted by Gasteiger charge is 2.39. The molecule has 1 aromatic carbocycles. The lowest BCUT2D eigenvalue weighted by molar-refractivity contribution is 0.251. The Bertz CT molecular complexity index is 1060. The maximum absolute atomic E-state index is 12.5. The van der Waals surface area contributed by atoms with Gasteiger partial charge in [-0.1, -0.05) is 30.3 Å². The van der Waals surface area contributed by atoms with Gasteiger partial charge in [-0.2, -0.15) is 5.10 Å². The minimum Gasteiger partial charge on any atom is -0.461 e. The summed E-state index contributed by atoms with van der Waals surface area (Å²) in [5.41, 5.74) is 1.24. The van der Waals surface area contributed by atoms with Gasteiger partial charge in [0.1, 0.15) is 5.82 Å². The lowest BCUT2D eigenvalue weighted by Gasteiger charge is -2.10. The Morgan fingerprint density at radius 1 is 1.10 bits per heavy atom. The van der Waals surface area contributed by atoms with Gasteiger partial charge >= 0.3 is 6.03 Å². The number of benzene rings is 1. The molecule has 29 heavy (non-hydrogen) atoms. The van der Waals surface area contributed by atoms with Crippen LogP contribution in [-0.4, -0.2) is 31.8 Å². The number of rotatable bonds is 5. The molecule has 2 atom stereocenters. The monoisotopic (exact) mass is 386 g/mol. The van der Waals surface area contributed by atoms with Crippen molar-refractivity contribution in [2.75, 3.05) is 5.32 Å². The van der Waals surface area contributed by atoms with E-state index in [9.17, 15) is 4.79 Å². The van der Waals surface area contributed by atoms with Crippen molar-refractivity contribution in [2.24, 2.45) is 0 Å². The summed E-state index contributed by atoms with van der Waals surface area (Å²) in [7, 11) is 0. The third-order valence-corrected chi connectivity index (χ3v) is 4.77. The fourth-order valence-electron chi connectivity index (χ4n) is 3.28. The molecule has 0 spiro atoms. The molecule has 2 N–H and O–H groups in total. The molecule has 2 amide bonds. The number of furan rings is 1. The second kappa shape index (κ2) is 7.23. The molecule has 8 heteroatoms. The number of amides is 2. The third-order valence-electron chi connectivity index (χ3n) is 4.77. The van der Waals surface area contributed by atoms with Crippen LogP contribution < -0.4 is 10.6 Å². The maximum atomic E-state index is 12.5. The first-order chi connectivity index (χ1) is 14.3. The summed E-state index contributed by atoms with van der Waals surface area (Å²) in [6.07, 6.45) is 5.91. The van der Waals surface area contributed by atoms with E-state index in [0.29, 0.717) is 29.1 Å². The van der Waals surface area contributed by atoms with Gasteiger partial charge in [-0.3, -0.25) is 5.32 Å². The minimum absolute atomic E-state index is 0.120. The van der Waals surface area contributed by atoms with Gasteiger partial charge in [-0.25, -0.2) is 19.4 Å². The summed E-state index contributed by atoms with van der Waals surface area (Å²) < 4.78 is 7.01. The van der Waals surface area contributed by atoms with Gasteiger partial charge < -0.3 is 9.73 Å². The second-order valence-electron chi connectivity index (χ2n) is 6.82. The van der Waals surface area contributed by atoms with E-state index in [0.717, 1.165) is 6.42 Å². The number of anilines is 1. The highest BCUT2D eigenvalue weighted by Crippen LogP contribution is 2.40. The average Bonchev–Trinajstić information content (AvgIpc) is 3.17. The molecule has 1 saturated carbocycles. The molecule has 3 aromatic heterocycles. The number of urea groups is 1. The van der Waals surface area contributed by atoms with Crippen molar-refractivity contribution in [1.29, 1.82) is 0 Å². The number of hydrogen-bond acceptors (Lipinski definition) is 5. The highest BCUT2D eigenvalue weighted by atomic mass is 16.3. The summed E-state index contributed by atoms with van der Waals surface area (Å²) in [4.78, 5) is 21.4. The van der Waals surface area contributed by atoms with E-state index >= 15 is 0 Å². The summed E-state index contributed by atoms with van der Waals surface area (Å²) in [5.74, 6) is 2.12. The molecule has 3 heterocycles. The molecule has 144 valence electrons. The quantitative estimate of drug-likeness (QED) is 0.546. The Balaban J connectivity index is 1.33. The van der Waals surface area contributed by atoms with E-state index < -0.39 is 0 Å². The number of aromatic nitrogens is 4. The van der Waals surface area contributed by atoms with Gasteiger partial charge in [0, 0.05) is 30.4 Å². The molecule has 0 aliphatic heterocycles. The first-order valence-electron chi connectivity index (χ1n) is 9.32. The second-order valence-corrected chi connectivity index (χ2v) is 6.82. The summed E-state index contributed by atoms with van der Waals surface area (Å²) in [6.45, 7) is 0. The Labute approximate surface area is 166 Å². The van der Waals surface area contributed by atoms with Crippen molar-refractivity contribution < 1.29 is 9.21 Å². The van der Waals surface area contributed by atoms with Crippen LogP contribution in [0.15, 0.2) is 77.7 Å². The van der Waals surface area contributed by atoms with Crippen LogP contribution in [0.25, 0.3) is 17.4 Å². The number of hydrogen-bond donors (Lipinski definition) is 2. The summed E-state index contributed by atoms with van der Waals surface area (Å²) in [5, 5.41) is 10.0. The minimum atomic E-state index is -0.302. The molecular weight excluding hydrogens is 368 g/mol. The van der Waals surface area contributed by atoms with Crippen molar-refractivity contribution >= 4 is 11.8 Å². The zero-order valence-electron chi connectivity index (χ0n) is 15.4. The zero-order valence-corrected chi connectivity index (χ0v) is 15.4. The van der Waals surface area contributed by atoms with Crippen LogP contribution in [0.4, 0.5) is 10.6 Å². The molecule has 0 bridgehead atoms. The third kappa shape index (κ3) is 3.73. The van der Waals surface area contributed by atoms with Crippen LogP contribution in [0.5, 0.6) is 0 Å². The van der Waals surface area contributed by atoms with Crippen molar-refractivity contribution in [3.63, 3.8) is 0 Å². The first kappa shape index (κ1) is 17.2. The van der Waals surface area contributed by atoms with E-state index in [4.69, 9.17) is 4.42 Å². The molecule has 0 radical (unpaired) electrons. The smallest absolute Gasteiger partial charge is 0.320 e. The first-order valence-corrected chi connectivity index (χ1v) is 9.32. The predicted molar refractivity (Wildman–Crippen MR) is 107 cm³/mol. The number of nitrogens with zero attached hydrogens (tertiary/aromatic N) is 4. The number of carbonyl (C=O) groups excluding carboxylic acids is 1. The fourth-order valence-corrected chi connectivity index (χ4v) is 3.28. The Morgan fingerprint density at radius 2 is 2.00 bits per heavy atom. The maximum Gasteiger partial charge on any atom is 0.320 e. The van der Waals surface area contributed by atoms with Gasteiger partial charge in [0.15, 0.2) is 17.4 Å². The van der Waals surface area contributed by atoms with E-state index in [2.05, 4.69) is 37.8 Å². The summed E-state index contributed by atoms with van der Waals surface area (Å²) in [6, 6.07) is 17.0. The molecule has 4 aromatic rings. The lowest BCUT2D eigenvalue weighted by atomic mass is 10.1. The van der Waals surface area contributed by atoms with Gasteiger partial charge in [0.2, 0.25) is 0 Å². The van der Waals surface area contributed by atoms with Gasteiger partial charge in [0.25, 0.3) is 0 Å². The van der Waals surface area contributed by atoms with E-state index in [1.54, 1.807) is 47.6 Å². The SMILES string of the molecule is O=C(Nc1cc(-n2cccn2)nc(-c2ccco2)n1)NC1CC1c1ccccc1. The van der Waals surface area contributed by atoms with Crippen LogP contribution in [0.3, 0.4) is 0 Å². The number of carbonyl (C=O) groups is 1. The molecule has 5 rings (SSSR count). The van der Waals surface area contributed by atoms with Crippen LogP contribution in [0.1, 0.15) is 17.9 Å². The highest BCUT2D eigenvalue weighted by molar-refractivity contribution is 5.89. The average molecular weight is 386 g/mol.